The first kappa shape index (κ1) is 29.9. The quantitative estimate of drug-likeness (QED) is 0.227. The summed E-state index contributed by atoms with van der Waals surface area (Å²) in [5, 5.41) is 23.8. The Morgan fingerprint density at radius 2 is 2.05 bits per heavy atom. The van der Waals surface area contributed by atoms with E-state index in [0.29, 0.717) is 41.6 Å². The number of carbonyl (C=O) groups is 2. The van der Waals surface area contributed by atoms with Crippen LogP contribution >= 0.6 is 22.9 Å². The first-order valence-electron chi connectivity index (χ1n) is 14.0. The average molecular weight is 639 g/mol. The fourth-order valence-electron chi connectivity index (χ4n) is 5.77. The van der Waals surface area contributed by atoms with Crippen LogP contribution in [0.2, 0.25) is 5.02 Å². The molecular weight excluding hydrogens is 611 g/mol. The van der Waals surface area contributed by atoms with E-state index < -0.39 is 23.6 Å². The number of amides is 2. The number of rotatable bonds is 5. The van der Waals surface area contributed by atoms with E-state index in [1.165, 1.54) is 11.0 Å². The minimum atomic E-state index is -0.981. The number of carboxylic acid groups (broad SMARTS) is 1. The molecule has 2 aromatic carbocycles. The summed E-state index contributed by atoms with van der Waals surface area (Å²) in [4.78, 5) is 30.2. The van der Waals surface area contributed by atoms with Crippen LogP contribution < -0.4 is 10.1 Å². The molecule has 4 aromatic rings. The van der Waals surface area contributed by atoms with E-state index in [4.69, 9.17) is 30.8 Å². The molecule has 0 bridgehead atoms. The summed E-state index contributed by atoms with van der Waals surface area (Å²) in [5.41, 5.74) is 2.45. The molecule has 0 saturated carbocycles. The molecule has 228 valence electrons. The van der Waals surface area contributed by atoms with Crippen LogP contribution in [0.5, 0.6) is 5.88 Å². The second-order valence-corrected chi connectivity index (χ2v) is 13.0. The van der Waals surface area contributed by atoms with E-state index in [1.54, 1.807) is 32.9 Å². The van der Waals surface area contributed by atoms with Crippen LogP contribution in [0.4, 0.5) is 19.0 Å². The van der Waals surface area contributed by atoms with E-state index >= 15 is 4.39 Å². The standard InChI is InChI=1S/C31H28ClFN4O6S/c1-31(2,3)43-29(38)36-28-18(11-34)24-17(6-8-21(33)27(24)44-28)23-20-14-41-13-19(20)16-7-9-22(35-26(16)25(23)32)42-12-15-5-4-10-37(15)30(39)40/h6-9,15H,4-5,10,12-14H2,1-3H3,(H,36,38)(H,39,40)/t15-/m0/s1. The maximum atomic E-state index is 15.2. The van der Waals surface area contributed by atoms with Crippen LogP contribution in [0, 0.1) is 17.1 Å². The molecular formula is C31H28ClFN4O6S. The molecule has 0 unspecified atom stereocenters. The van der Waals surface area contributed by atoms with E-state index in [9.17, 15) is 20.0 Å². The van der Waals surface area contributed by atoms with Gasteiger partial charge >= 0.3 is 12.2 Å². The number of hydrogen-bond donors (Lipinski definition) is 2. The minimum absolute atomic E-state index is 0.0822. The van der Waals surface area contributed by atoms with Crippen molar-refractivity contribution >= 4 is 61.1 Å². The molecule has 0 aliphatic carbocycles. The van der Waals surface area contributed by atoms with Gasteiger partial charge in [-0.1, -0.05) is 17.7 Å². The summed E-state index contributed by atoms with van der Waals surface area (Å²) >= 11 is 8.04. The fourth-order valence-corrected chi connectivity index (χ4v) is 7.20. The van der Waals surface area contributed by atoms with Gasteiger partial charge in [-0.3, -0.25) is 5.32 Å². The lowest BCUT2D eigenvalue weighted by molar-refractivity contribution is 0.0636. The number of carbonyl (C=O) groups excluding carboxylic acids is 1. The zero-order valence-corrected chi connectivity index (χ0v) is 25.7. The SMILES string of the molecule is CC(C)(C)OC(=O)Nc1sc2c(F)ccc(-c3c4c(c5ccc(OC[C@@H]6CCCN6C(=O)O)nc5c3Cl)COC4)c2c1C#N. The van der Waals surface area contributed by atoms with E-state index in [2.05, 4.69) is 11.4 Å². The Kier molecular flexibility index (Phi) is 7.73. The minimum Gasteiger partial charge on any atom is -0.475 e. The van der Waals surface area contributed by atoms with Crippen molar-refractivity contribution in [3.8, 4) is 23.1 Å². The normalized spacial score (nSPS) is 16.3. The third-order valence-electron chi connectivity index (χ3n) is 7.61. The number of thiophene rings is 1. The number of halogens is 2. The highest BCUT2D eigenvalue weighted by Crippen LogP contribution is 2.48. The summed E-state index contributed by atoms with van der Waals surface area (Å²) < 4.78 is 32.5. The molecule has 1 fully saturated rings. The summed E-state index contributed by atoms with van der Waals surface area (Å²) in [7, 11) is 0. The van der Waals surface area contributed by atoms with E-state index in [1.807, 2.05) is 6.07 Å². The Bertz CT molecular complexity index is 1880. The Balaban J connectivity index is 1.46. The van der Waals surface area contributed by atoms with Crippen molar-refractivity contribution in [2.24, 2.45) is 0 Å². The number of fused-ring (bicyclic) bond motifs is 4. The van der Waals surface area contributed by atoms with Gasteiger partial charge in [0.2, 0.25) is 5.88 Å². The summed E-state index contributed by atoms with van der Waals surface area (Å²) in [6, 6.07) is 8.29. The third-order valence-corrected chi connectivity index (χ3v) is 9.10. The van der Waals surface area contributed by atoms with Crippen LogP contribution in [0.3, 0.4) is 0 Å². The molecule has 0 radical (unpaired) electrons. The molecule has 2 aliphatic heterocycles. The Morgan fingerprint density at radius 3 is 2.77 bits per heavy atom. The maximum absolute atomic E-state index is 15.2. The molecule has 6 rings (SSSR count). The van der Waals surface area contributed by atoms with Gasteiger partial charge in [0.05, 0.1) is 40.1 Å². The van der Waals surface area contributed by atoms with Gasteiger partial charge in [0.25, 0.3) is 0 Å². The van der Waals surface area contributed by atoms with Crippen LogP contribution in [-0.2, 0) is 22.7 Å². The van der Waals surface area contributed by atoms with Gasteiger partial charge in [0.1, 0.15) is 29.1 Å². The van der Waals surface area contributed by atoms with Crippen molar-refractivity contribution in [3.63, 3.8) is 0 Å². The van der Waals surface area contributed by atoms with Gasteiger partial charge in [-0.2, -0.15) is 5.26 Å². The summed E-state index contributed by atoms with van der Waals surface area (Å²) in [6.45, 7) is 6.32. The Labute approximate surface area is 260 Å². The lowest BCUT2D eigenvalue weighted by Crippen LogP contribution is -2.38. The smallest absolute Gasteiger partial charge is 0.412 e. The summed E-state index contributed by atoms with van der Waals surface area (Å²) in [5.74, 6) is -0.272. The molecule has 1 saturated heterocycles. The van der Waals surface area contributed by atoms with Gasteiger partial charge in [0, 0.05) is 28.9 Å². The molecule has 2 aliphatic rings. The maximum Gasteiger partial charge on any atom is 0.412 e. The predicted molar refractivity (Wildman–Crippen MR) is 164 cm³/mol. The number of nitrogens with one attached hydrogen (secondary N) is 1. The fraction of sp³-hybridized carbons (Fsp3) is 0.355. The van der Waals surface area contributed by atoms with Crippen LogP contribution in [-0.4, -0.2) is 52.0 Å². The third kappa shape index (κ3) is 5.36. The number of nitriles is 1. The topological polar surface area (TPSA) is 134 Å². The molecule has 13 heteroatoms. The van der Waals surface area contributed by atoms with Crippen molar-refractivity contribution in [1.29, 1.82) is 5.26 Å². The van der Waals surface area contributed by atoms with Gasteiger partial charge in [-0.05, 0) is 62.4 Å². The zero-order valence-electron chi connectivity index (χ0n) is 24.1. The lowest BCUT2D eigenvalue weighted by Gasteiger charge is -2.21. The molecule has 2 N–H and O–H groups in total. The van der Waals surface area contributed by atoms with Crippen LogP contribution in [0.15, 0.2) is 24.3 Å². The number of hydrogen-bond acceptors (Lipinski definition) is 8. The number of ether oxygens (including phenoxy) is 3. The van der Waals surface area contributed by atoms with E-state index in [0.717, 1.165) is 34.3 Å². The number of aromatic nitrogens is 1. The average Bonchev–Trinajstić information content (AvgIpc) is 3.71. The molecule has 4 heterocycles. The molecule has 44 heavy (non-hydrogen) atoms. The highest BCUT2D eigenvalue weighted by Gasteiger charge is 2.31. The first-order chi connectivity index (χ1) is 21.0. The Morgan fingerprint density at radius 1 is 1.27 bits per heavy atom. The zero-order chi connectivity index (χ0) is 31.3. The largest absolute Gasteiger partial charge is 0.475 e. The van der Waals surface area contributed by atoms with Crippen molar-refractivity contribution in [1.82, 2.24) is 9.88 Å². The van der Waals surface area contributed by atoms with Gasteiger partial charge in [-0.25, -0.2) is 19.0 Å². The van der Waals surface area contributed by atoms with Crippen molar-refractivity contribution in [2.45, 2.75) is 58.5 Å². The van der Waals surface area contributed by atoms with Crippen LogP contribution in [0.1, 0.15) is 50.3 Å². The highest BCUT2D eigenvalue weighted by atomic mass is 35.5. The van der Waals surface area contributed by atoms with Gasteiger partial charge in [-0.15, -0.1) is 11.3 Å². The first-order valence-corrected chi connectivity index (χ1v) is 15.2. The molecule has 2 amide bonds. The van der Waals surface area contributed by atoms with E-state index in [-0.39, 0.29) is 45.4 Å². The monoisotopic (exact) mass is 638 g/mol. The Hall–Kier alpha value is -4.18. The second kappa shape index (κ2) is 11.4. The number of benzene rings is 2. The summed E-state index contributed by atoms with van der Waals surface area (Å²) in [6.07, 6.45) is -0.281. The lowest BCUT2D eigenvalue weighted by atomic mass is 9.91. The van der Waals surface area contributed by atoms with Crippen molar-refractivity contribution in [3.05, 3.63) is 51.8 Å². The number of pyridine rings is 1. The number of likely N-dealkylation sites (tertiary alicyclic amines) is 1. The second-order valence-electron chi connectivity index (χ2n) is 11.6. The van der Waals surface area contributed by atoms with Crippen molar-refractivity contribution in [2.75, 3.05) is 18.5 Å². The molecule has 0 spiro atoms. The number of nitrogens with zero attached hydrogens (tertiary/aromatic N) is 3. The number of anilines is 1. The molecule has 1 atom stereocenters. The van der Waals surface area contributed by atoms with Gasteiger partial charge < -0.3 is 24.2 Å². The molecule has 10 nitrogen and oxygen atoms in total. The predicted octanol–water partition coefficient (Wildman–Crippen LogP) is 7.68. The highest BCUT2D eigenvalue weighted by molar-refractivity contribution is 7.23. The van der Waals surface area contributed by atoms with Gasteiger partial charge in [0.15, 0.2) is 0 Å². The van der Waals surface area contributed by atoms with Crippen molar-refractivity contribution < 1.29 is 33.3 Å². The van der Waals surface area contributed by atoms with Crippen LogP contribution in [0.25, 0.3) is 32.1 Å². The molecule has 2 aromatic heterocycles.